The van der Waals surface area contributed by atoms with Crippen molar-refractivity contribution in [3.63, 3.8) is 0 Å². The standard InChI is InChI=1S/C23H40N4O10.C11H22O/c1-24-19(23(32)33)4-5-20(29)25-6-9-34-11-13-36-16-21(30)26-7-10-35-12-14-37-17-22(31)27-8-2-3-18(27)15-28;1-2-3-4-5-6-7-8-9-10-11-12/h15,18-19,24H,2-14,16-17H2,1H3,(H,25,29)(H,26,30)(H,32,33);11H,2-10H2,1H3. The Morgan fingerprint density at radius 3 is 1.94 bits per heavy atom. The Kier molecular flexibility index (Phi) is 31.5. The number of carbonyl (C=O) groups excluding carboxylic acids is 5. The van der Waals surface area contributed by atoms with E-state index >= 15 is 0 Å². The number of likely N-dealkylation sites (N-methyl/N-ethyl adjacent to an activating group) is 1. The Hall–Kier alpha value is -2.98. The maximum absolute atomic E-state index is 12.0. The van der Waals surface area contributed by atoms with Crippen LogP contribution in [0.4, 0.5) is 0 Å². The molecule has 15 nitrogen and oxygen atoms in total. The predicted octanol–water partition coefficient (Wildman–Crippen LogP) is 1.64. The number of ether oxygens (including phenoxy) is 4. The molecule has 1 aliphatic rings. The van der Waals surface area contributed by atoms with Crippen molar-refractivity contribution in [3.8, 4) is 0 Å². The van der Waals surface area contributed by atoms with Gasteiger partial charge in [0.05, 0.1) is 45.7 Å². The van der Waals surface area contributed by atoms with Crippen molar-refractivity contribution in [2.45, 2.75) is 102 Å². The number of aldehydes is 2. The van der Waals surface area contributed by atoms with Crippen molar-refractivity contribution in [1.29, 1.82) is 0 Å². The van der Waals surface area contributed by atoms with Crippen molar-refractivity contribution < 1.29 is 52.8 Å². The van der Waals surface area contributed by atoms with Gasteiger partial charge in [0.1, 0.15) is 31.8 Å². The molecule has 0 saturated carbocycles. The van der Waals surface area contributed by atoms with Gasteiger partial charge in [0.2, 0.25) is 17.7 Å². The van der Waals surface area contributed by atoms with Crippen molar-refractivity contribution in [3.05, 3.63) is 0 Å². The molecule has 0 radical (unpaired) electrons. The second kappa shape index (κ2) is 33.5. The van der Waals surface area contributed by atoms with Crippen LogP contribution in [0.25, 0.3) is 0 Å². The van der Waals surface area contributed by atoms with Crippen molar-refractivity contribution in [2.24, 2.45) is 0 Å². The van der Waals surface area contributed by atoms with Gasteiger partial charge in [0, 0.05) is 32.5 Å². The summed E-state index contributed by atoms with van der Waals surface area (Å²) in [7, 11) is 1.53. The van der Waals surface area contributed by atoms with E-state index < -0.39 is 12.0 Å². The number of likely N-dealkylation sites (tertiary alicyclic amines) is 1. The van der Waals surface area contributed by atoms with Crippen LogP contribution >= 0.6 is 0 Å². The van der Waals surface area contributed by atoms with Gasteiger partial charge in [0.15, 0.2) is 0 Å². The lowest BCUT2D eigenvalue weighted by molar-refractivity contribution is -0.140. The van der Waals surface area contributed by atoms with Crippen LogP contribution < -0.4 is 16.0 Å². The lowest BCUT2D eigenvalue weighted by Crippen LogP contribution is -2.38. The molecule has 0 aromatic heterocycles. The van der Waals surface area contributed by atoms with Gasteiger partial charge in [-0.3, -0.25) is 19.2 Å². The number of hydrogen-bond donors (Lipinski definition) is 4. The van der Waals surface area contributed by atoms with Gasteiger partial charge in [-0.05, 0) is 32.7 Å². The molecule has 2 unspecified atom stereocenters. The van der Waals surface area contributed by atoms with Crippen LogP contribution in [0.1, 0.15) is 90.4 Å². The minimum absolute atomic E-state index is 0.0912. The summed E-state index contributed by atoms with van der Waals surface area (Å²) in [6, 6.07) is -1.10. The van der Waals surface area contributed by atoms with Crippen molar-refractivity contribution >= 4 is 36.3 Å². The van der Waals surface area contributed by atoms with Crippen LogP contribution in [0, 0.1) is 0 Å². The van der Waals surface area contributed by atoms with E-state index in [1.54, 1.807) is 0 Å². The van der Waals surface area contributed by atoms with Gasteiger partial charge in [-0.2, -0.15) is 0 Å². The number of nitrogens with zero attached hydrogens (tertiary/aromatic N) is 1. The monoisotopic (exact) mass is 702 g/mol. The van der Waals surface area contributed by atoms with E-state index in [9.17, 15) is 28.8 Å². The number of rotatable bonds is 31. The molecule has 1 rings (SSSR count). The summed E-state index contributed by atoms with van der Waals surface area (Å²) in [5.74, 6) is -1.75. The Morgan fingerprint density at radius 1 is 0.796 bits per heavy atom. The van der Waals surface area contributed by atoms with E-state index in [-0.39, 0.29) is 96.0 Å². The van der Waals surface area contributed by atoms with Gasteiger partial charge in [0.25, 0.3) is 0 Å². The normalized spacial score (nSPS) is 14.4. The summed E-state index contributed by atoms with van der Waals surface area (Å²) < 4.78 is 21.1. The second-order valence-corrected chi connectivity index (χ2v) is 11.6. The summed E-state index contributed by atoms with van der Waals surface area (Å²) in [5, 5.41) is 16.8. The second-order valence-electron chi connectivity index (χ2n) is 11.6. The highest BCUT2D eigenvalue weighted by Crippen LogP contribution is 2.15. The molecule has 0 aromatic carbocycles. The molecule has 1 aliphatic heterocycles. The first-order valence-electron chi connectivity index (χ1n) is 17.7. The number of unbranched alkanes of at least 4 members (excludes halogenated alkanes) is 8. The summed E-state index contributed by atoms with van der Waals surface area (Å²) in [6.07, 6.45) is 14.9. The lowest BCUT2D eigenvalue weighted by Gasteiger charge is -2.20. The fraction of sp³-hybridized carbons (Fsp3) is 0.824. The average molecular weight is 703 g/mol. The molecule has 284 valence electrons. The van der Waals surface area contributed by atoms with E-state index in [0.29, 0.717) is 19.5 Å². The molecule has 0 bridgehead atoms. The zero-order valence-electron chi connectivity index (χ0n) is 29.8. The molecule has 1 saturated heterocycles. The first-order chi connectivity index (χ1) is 23.8. The molecular formula is C34H62N4O11. The number of carboxylic acid groups (broad SMARTS) is 1. The fourth-order valence-corrected chi connectivity index (χ4v) is 4.78. The minimum Gasteiger partial charge on any atom is -0.480 e. The van der Waals surface area contributed by atoms with E-state index in [0.717, 1.165) is 31.8 Å². The minimum atomic E-state index is -0.999. The fourth-order valence-electron chi connectivity index (χ4n) is 4.78. The Balaban J connectivity index is 0.00000162. The third-order valence-electron chi connectivity index (χ3n) is 7.60. The number of hydrogen-bond acceptors (Lipinski definition) is 11. The quantitative estimate of drug-likeness (QED) is 0.0603. The molecule has 0 spiro atoms. The highest BCUT2D eigenvalue weighted by Gasteiger charge is 2.27. The van der Waals surface area contributed by atoms with E-state index in [4.69, 9.17) is 24.1 Å². The largest absolute Gasteiger partial charge is 0.480 e. The molecule has 1 fully saturated rings. The smallest absolute Gasteiger partial charge is 0.320 e. The van der Waals surface area contributed by atoms with Crippen molar-refractivity contribution in [1.82, 2.24) is 20.9 Å². The summed E-state index contributed by atoms with van der Waals surface area (Å²) >= 11 is 0. The Bertz CT molecular complexity index is 894. The maximum atomic E-state index is 12.0. The molecule has 49 heavy (non-hydrogen) atoms. The number of carbonyl (C=O) groups is 6. The van der Waals surface area contributed by atoms with Crippen LogP contribution in [0.2, 0.25) is 0 Å². The zero-order chi connectivity index (χ0) is 36.4. The molecule has 1 heterocycles. The SMILES string of the molecule is CCCCCCCCCCC=O.CNC(CCC(=O)NCCOCCOCC(=O)NCCOCCOCC(=O)N1CCCC1C=O)C(=O)O. The molecule has 3 amide bonds. The van der Waals surface area contributed by atoms with E-state index in [2.05, 4.69) is 22.9 Å². The summed E-state index contributed by atoms with van der Waals surface area (Å²) in [6.45, 7) is 4.70. The molecule has 0 aromatic rings. The first kappa shape index (κ1) is 46.0. The van der Waals surface area contributed by atoms with Crippen LogP contribution in [-0.4, -0.2) is 138 Å². The highest BCUT2D eigenvalue weighted by molar-refractivity contribution is 5.81. The van der Waals surface area contributed by atoms with E-state index in [1.807, 2.05) is 0 Å². The Morgan fingerprint density at radius 2 is 1.37 bits per heavy atom. The molecule has 2 atom stereocenters. The van der Waals surface area contributed by atoms with Gasteiger partial charge in [-0.1, -0.05) is 51.9 Å². The predicted molar refractivity (Wildman–Crippen MR) is 183 cm³/mol. The number of amides is 3. The van der Waals surface area contributed by atoms with Gasteiger partial charge in [-0.25, -0.2) is 0 Å². The zero-order valence-corrected chi connectivity index (χ0v) is 29.8. The van der Waals surface area contributed by atoms with E-state index in [1.165, 1.54) is 56.9 Å². The number of aliphatic carboxylic acids is 1. The van der Waals surface area contributed by atoms with Crippen LogP contribution in [0.3, 0.4) is 0 Å². The highest BCUT2D eigenvalue weighted by atomic mass is 16.5. The Labute approximate surface area is 291 Å². The summed E-state index contributed by atoms with van der Waals surface area (Å²) in [4.78, 5) is 68.7. The van der Waals surface area contributed by atoms with Crippen molar-refractivity contribution in [2.75, 3.05) is 79.5 Å². The van der Waals surface area contributed by atoms with Gasteiger partial charge in [-0.15, -0.1) is 0 Å². The molecule has 4 N–H and O–H groups in total. The first-order valence-corrected chi connectivity index (χ1v) is 17.7. The summed E-state index contributed by atoms with van der Waals surface area (Å²) in [5.41, 5.74) is 0. The molecule has 15 heteroatoms. The maximum Gasteiger partial charge on any atom is 0.320 e. The van der Waals surface area contributed by atoms with Crippen LogP contribution in [0.15, 0.2) is 0 Å². The molecule has 0 aliphatic carbocycles. The average Bonchev–Trinajstić information content (AvgIpc) is 3.58. The third kappa shape index (κ3) is 27.5. The molecular weight excluding hydrogens is 640 g/mol. The number of nitrogens with one attached hydrogen (secondary N) is 3. The topological polar surface area (TPSA) is 199 Å². The van der Waals surface area contributed by atoms with Gasteiger partial charge >= 0.3 is 5.97 Å². The number of carboxylic acids is 1. The third-order valence-corrected chi connectivity index (χ3v) is 7.60. The van der Waals surface area contributed by atoms with Crippen LogP contribution in [0.5, 0.6) is 0 Å². The van der Waals surface area contributed by atoms with Crippen LogP contribution in [-0.2, 0) is 47.7 Å². The lowest BCUT2D eigenvalue weighted by atomic mass is 10.1. The van der Waals surface area contributed by atoms with Gasteiger partial charge < -0.3 is 54.5 Å².